The molecule has 6 heteroatoms. The SMILES string of the molecule is CC[NH+](CC)CCNP(=O)(/C=C(\Cl)c1ccccc1)/C=C(/Cl)c1ccccc1. The molecule has 0 saturated carbocycles. The molecule has 0 bridgehead atoms. The van der Waals surface area contributed by atoms with E-state index in [1.54, 1.807) is 11.6 Å². The number of hydrogen-bond acceptors (Lipinski definition) is 1. The number of rotatable bonds is 10. The molecule has 0 saturated heterocycles. The van der Waals surface area contributed by atoms with Crippen molar-refractivity contribution in [1.82, 2.24) is 5.09 Å². The first kappa shape index (κ1) is 22.9. The first-order valence-electron chi connectivity index (χ1n) is 9.53. The van der Waals surface area contributed by atoms with Gasteiger partial charge in [0, 0.05) is 11.6 Å². The standard InChI is InChI=1S/C22H27Cl2N2OP/c1-3-26(4-2)16-15-25-28(27,17-21(23)19-11-7-5-8-12-19)18-22(24)20-13-9-6-10-14-20/h5-14,17-18H,3-4,15-16H2,1-2H3,(H,25,27)/p+1/b21-17-,22-18+. The van der Waals surface area contributed by atoms with Crippen LogP contribution in [0.25, 0.3) is 10.1 Å². The van der Waals surface area contributed by atoms with Crippen molar-refractivity contribution >= 4 is 40.6 Å². The second-order valence-corrected chi connectivity index (χ2v) is 9.58. The van der Waals surface area contributed by atoms with Gasteiger partial charge >= 0.3 is 0 Å². The predicted molar refractivity (Wildman–Crippen MR) is 123 cm³/mol. The minimum Gasteiger partial charge on any atom is -0.334 e. The van der Waals surface area contributed by atoms with Crippen LogP contribution in [0.15, 0.2) is 72.3 Å². The quantitative estimate of drug-likeness (QED) is 0.497. The highest BCUT2D eigenvalue weighted by atomic mass is 35.5. The van der Waals surface area contributed by atoms with E-state index < -0.39 is 7.29 Å². The van der Waals surface area contributed by atoms with Crippen molar-refractivity contribution < 1.29 is 9.46 Å². The van der Waals surface area contributed by atoms with Crippen molar-refractivity contribution in [3.8, 4) is 0 Å². The summed E-state index contributed by atoms with van der Waals surface area (Å²) in [5, 5.41) is 4.10. The Labute approximate surface area is 178 Å². The second kappa shape index (κ2) is 11.6. The summed E-state index contributed by atoms with van der Waals surface area (Å²) in [7, 11) is -3.09. The summed E-state index contributed by atoms with van der Waals surface area (Å²) in [6.45, 7) is 7.85. The lowest BCUT2D eigenvalue weighted by Gasteiger charge is -2.18. The Morgan fingerprint density at radius 2 is 1.32 bits per heavy atom. The first-order chi connectivity index (χ1) is 13.5. The third kappa shape index (κ3) is 7.24. The number of nitrogens with one attached hydrogen (secondary N) is 2. The molecule has 0 heterocycles. The van der Waals surface area contributed by atoms with Gasteiger partial charge in [0.25, 0.3) is 0 Å². The van der Waals surface area contributed by atoms with Gasteiger partial charge in [-0.15, -0.1) is 0 Å². The van der Waals surface area contributed by atoms with Gasteiger partial charge in [-0.2, -0.15) is 0 Å². The van der Waals surface area contributed by atoms with Gasteiger partial charge in [-0.3, -0.25) is 9.65 Å². The Balaban J connectivity index is 2.30. The lowest BCUT2D eigenvalue weighted by Crippen LogP contribution is -3.12. The molecule has 0 aromatic heterocycles. The maximum absolute atomic E-state index is 13.7. The fraction of sp³-hybridized carbons (Fsp3) is 0.273. The average molecular weight is 438 g/mol. The molecule has 0 aliphatic heterocycles. The zero-order valence-electron chi connectivity index (χ0n) is 16.4. The van der Waals surface area contributed by atoms with E-state index in [2.05, 4.69) is 18.9 Å². The minimum atomic E-state index is -3.09. The van der Waals surface area contributed by atoms with E-state index in [9.17, 15) is 4.57 Å². The Bertz CT molecular complexity index is 775. The molecule has 2 rings (SSSR count). The van der Waals surface area contributed by atoms with E-state index in [0.29, 0.717) is 16.6 Å². The van der Waals surface area contributed by atoms with Gasteiger partial charge in [0.05, 0.1) is 36.2 Å². The Morgan fingerprint density at radius 3 is 1.71 bits per heavy atom. The first-order valence-corrected chi connectivity index (χ1v) is 12.1. The third-order valence-electron chi connectivity index (χ3n) is 4.55. The van der Waals surface area contributed by atoms with Crippen molar-refractivity contribution in [1.29, 1.82) is 0 Å². The van der Waals surface area contributed by atoms with Crippen molar-refractivity contribution in [3.63, 3.8) is 0 Å². The van der Waals surface area contributed by atoms with Crippen LogP contribution in [-0.2, 0) is 4.57 Å². The van der Waals surface area contributed by atoms with Crippen LogP contribution in [0, 0.1) is 0 Å². The molecule has 3 nitrogen and oxygen atoms in total. The van der Waals surface area contributed by atoms with Gasteiger partial charge in [0.1, 0.15) is 0 Å². The summed E-state index contributed by atoms with van der Waals surface area (Å²) < 4.78 is 13.7. The van der Waals surface area contributed by atoms with Gasteiger partial charge in [0.15, 0.2) is 7.29 Å². The van der Waals surface area contributed by atoms with Crippen LogP contribution >= 0.6 is 30.5 Å². The lowest BCUT2D eigenvalue weighted by molar-refractivity contribution is -0.895. The molecular formula is C22H28Cl2N2OP+. The molecule has 0 aliphatic carbocycles. The molecule has 1 unspecified atom stereocenters. The average Bonchev–Trinajstić information content (AvgIpc) is 2.72. The smallest absolute Gasteiger partial charge is 0.193 e. The molecule has 1 atom stereocenters. The van der Waals surface area contributed by atoms with Crippen molar-refractivity contribution in [2.24, 2.45) is 0 Å². The van der Waals surface area contributed by atoms with Gasteiger partial charge in [-0.1, -0.05) is 83.9 Å². The monoisotopic (exact) mass is 437 g/mol. The number of benzene rings is 2. The van der Waals surface area contributed by atoms with Crippen LogP contribution < -0.4 is 9.99 Å². The van der Waals surface area contributed by atoms with E-state index in [0.717, 1.165) is 30.8 Å². The van der Waals surface area contributed by atoms with Gasteiger partial charge < -0.3 is 4.90 Å². The Morgan fingerprint density at radius 1 is 0.893 bits per heavy atom. The van der Waals surface area contributed by atoms with E-state index in [1.807, 2.05) is 60.7 Å². The number of hydrogen-bond donors (Lipinski definition) is 2. The number of likely N-dealkylation sites (N-methyl/N-ethyl adjacent to an activating group) is 1. The zero-order chi connectivity index (χ0) is 20.4. The summed E-state index contributed by atoms with van der Waals surface area (Å²) in [6, 6.07) is 19.0. The maximum atomic E-state index is 13.7. The summed E-state index contributed by atoms with van der Waals surface area (Å²) in [4.78, 5) is 1.44. The van der Waals surface area contributed by atoms with Gasteiger partial charge in [0.2, 0.25) is 0 Å². The third-order valence-corrected chi connectivity index (χ3v) is 7.51. The van der Waals surface area contributed by atoms with E-state index in [-0.39, 0.29) is 0 Å². The van der Waals surface area contributed by atoms with Crippen LogP contribution in [0.2, 0.25) is 0 Å². The number of halogens is 2. The van der Waals surface area contributed by atoms with E-state index >= 15 is 0 Å². The highest BCUT2D eigenvalue weighted by molar-refractivity contribution is 7.68. The molecule has 2 aromatic rings. The molecule has 2 N–H and O–H groups in total. The molecule has 0 fully saturated rings. The normalized spacial score (nSPS) is 14.9. The summed E-state index contributed by atoms with van der Waals surface area (Å²) >= 11 is 13.0. The van der Waals surface area contributed by atoms with Crippen molar-refractivity contribution in [3.05, 3.63) is 83.4 Å². The minimum absolute atomic E-state index is 0.445. The van der Waals surface area contributed by atoms with Crippen LogP contribution in [0.5, 0.6) is 0 Å². The molecule has 0 spiro atoms. The fourth-order valence-electron chi connectivity index (χ4n) is 2.82. The van der Waals surface area contributed by atoms with Crippen molar-refractivity contribution in [2.45, 2.75) is 13.8 Å². The highest BCUT2D eigenvalue weighted by Crippen LogP contribution is 2.50. The maximum Gasteiger partial charge on any atom is 0.193 e. The van der Waals surface area contributed by atoms with Crippen molar-refractivity contribution in [2.75, 3.05) is 26.2 Å². The van der Waals surface area contributed by atoms with E-state index in [4.69, 9.17) is 23.2 Å². The van der Waals surface area contributed by atoms with Gasteiger partial charge in [-0.05, 0) is 25.0 Å². The van der Waals surface area contributed by atoms with Crippen LogP contribution in [0.3, 0.4) is 0 Å². The molecule has 0 radical (unpaired) electrons. The second-order valence-electron chi connectivity index (χ2n) is 6.51. The fourth-order valence-corrected chi connectivity index (χ4v) is 5.63. The van der Waals surface area contributed by atoms with Gasteiger partial charge in [-0.25, -0.2) is 0 Å². The Hall–Kier alpha value is -1.35. The predicted octanol–water partition coefficient (Wildman–Crippen LogP) is 5.25. The molecule has 28 heavy (non-hydrogen) atoms. The lowest BCUT2D eigenvalue weighted by atomic mass is 10.2. The molecule has 150 valence electrons. The van der Waals surface area contributed by atoms with Crippen LogP contribution in [0.4, 0.5) is 0 Å². The molecule has 2 aromatic carbocycles. The number of quaternary nitrogens is 1. The summed E-state index contributed by atoms with van der Waals surface area (Å²) in [5.74, 6) is 3.21. The van der Waals surface area contributed by atoms with Crippen LogP contribution in [0.1, 0.15) is 25.0 Å². The largest absolute Gasteiger partial charge is 0.334 e. The highest BCUT2D eigenvalue weighted by Gasteiger charge is 2.19. The van der Waals surface area contributed by atoms with E-state index in [1.165, 1.54) is 4.90 Å². The summed E-state index contributed by atoms with van der Waals surface area (Å²) in [6.07, 6.45) is 0. The topological polar surface area (TPSA) is 33.5 Å². The van der Waals surface area contributed by atoms with Crippen LogP contribution in [-0.4, -0.2) is 26.2 Å². The molecular weight excluding hydrogens is 410 g/mol. The Kier molecular flexibility index (Phi) is 9.50. The zero-order valence-corrected chi connectivity index (χ0v) is 18.8. The summed E-state index contributed by atoms with van der Waals surface area (Å²) in [5.41, 5.74) is 1.65. The molecule has 0 aliphatic rings. The molecule has 0 amide bonds.